The van der Waals surface area contributed by atoms with Gasteiger partial charge in [-0.15, -0.1) is 0 Å². The first-order valence-corrected chi connectivity index (χ1v) is 15.4. The van der Waals surface area contributed by atoms with Gasteiger partial charge in [0.05, 0.1) is 42.2 Å². The lowest BCUT2D eigenvalue weighted by Crippen LogP contribution is -2.40. The molecule has 0 saturated heterocycles. The molecule has 1 aliphatic rings. The van der Waals surface area contributed by atoms with Crippen LogP contribution in [0.3, 0.4) is 0 Å². The highest BCUT2D eigenvalue weighted by molar-refractivity contribution is 14.1. The summed E-state index contributed by atoms with van der Waals surface area (Å²) < 4.78 is 15.4. The molecule has 0 unspecified atom stereocenters. The number of halogens is 2. The van der Waals surface area contributed by atoms with Gasteiger partial charge in [0, 0.05) is 5.56 Å². The van der Waals surface area contributed by atoms with E-state index >= 15 is 0 Å². The Morgan fingerprint density at radius 2 is 1.64 bits per heavy atom. The molecule has 0 spiro atoms. The minimum atomic E-state index is -0.681. The molecule has 5 rings (SSSR count). The molecule has 198 valence electrons. The van der Waals surface area contributed by atoms with E-state index in [4.69, 9.17) is 14.5 Å². The molecule has 1 aromatic heterocycles. The highest BCUT2D eigenvalue weighted by Crippen LogP contribution is 2.35. The highest BCUT2D eigenvalue weighted by Gasteiger charge is 2.35. The van der Waals surface area contributed by atoms with Crippen LogP contribution < -0.4 is 19.6 Å². The van der Waals surface area contributed by atoms with Crippen LogP contribution in [-0.4, -0.2) is 23.8 Å². The lowest BCUT2D eigenvalue weighted by Gasteiger charge is -2.25. The van der Waals surface area contributed by atoms with Crippen LogP contribution in [0.5, 0.6) is 5.75 Å². The van der Waals surface area contributed by atoms with Gasteiger partial charge in [-0.1, -0.05) is 72.0 Å². The molecule has 39 heavy (non-hydrogen) atoms. The van der Waals surface area contributed by atoms with Gasteiger partial charge in [-0.3, -0.25) is 9.36 Å². The van der Waals surface area contributed by atoms with Crippen LogP contribution in [0.4, 0.5) is 0 Å². The summed E-state index contributed by atoms with van der Waals surface area (Å²) >= 11 is 5.82. The van der Waals surface area contributed by atoms with E-state index < -0.39 is 12.0 Å². The van der Waals surface area contributed by atoms with Gasteiger partial charge >= 0.3 is 5.97 Å². The van der Waals surface area contributed by atoms with Crippen molar-refractivity contribution in [3.05, 3.63) is 122 Å². The van der Waals surface area contributed by atoms with E-state index in [0.29, 0.717) is 27.2 Å². The normalized spacial score (nSPS) is 15.1. The van der Waals surface area contributed by atoms with Crippen LogP contribution in [-0.2, 0) is 9.53 Å². The third-order valence-electron chi connectivity index (χ3n) is 6.10. The van der Waals surface area contributed by atoms with E-state index in [1.54, 1.807) is 11.5 Å². The second kappa shape index (κ2) is 12.2. The predicted molar refractivity (Wildman–Crippen MR) is 171 cm³/mol. The largest absolute Gasteiger partial charge is 0.492 e. The third kappa shape index (κ3) is 5.62. The Morgan fingerprint density at radius 1 is 1.00 bits per heavy atom. The maximum atomic E-state index is 14.0. The van der Waals surface area contributed by atoms with E-state index in [1.807, 2.05) is 85.8 Å². The molecule has 0 N–H and O–H groups in total. The zero-order valence-electron chi connectivity index (χ0n) is 21.2. The van der Waals surface area contributed by atoms with Crippen molar-refractivity contribution in [1.82, 2.24) is 4.57 Å². The fourth-order valence-corrected chi connectivity index (χ4v) is 7.62. The van der Waals surface area contributed by atoms with Crippen LogP contribution in [0.15, 0.2) is 88.2 Å². The number of benzene rings is 3. The first kappa shape index (κ1) is 27.8. The average Bonchev–Trinajstić information content (AvgIpc) is 3.25. The molecule has 6 nitrogen and oxygen atoms in total. The van der Waals surface area contributed by atoms with Crippen LogP contribution in [0.1, 0.15) is 36.6 Å². The number of hydrogen-bond acceptors (Lipinski definition) is 6. The molecule has 0 saturated carbocycles. The second-order valence-corrected chi connectivity index (χ2v) is 11.9. The quantitative estimate of drug-likeness (QED) is 0.183. The predicted octanol–water partition coefficient (Wildman–Crippen LogP) is 5.54. The molecule has 9 heteroatoms. The molecule has 0 radical (unpaired) electrons. The summed E-state index contributed by atoms with van der Waals surface area (Å²) in [7, 11) is 0. The number of ether oxygens (including phenoxy) is 2. The average molecular weight is 762 g/mol. The monoisotopic (exact) mass is 762 g/mol. The minimum Gasteiger partial charge on any atom is -0.492 e. The highest BCUT2D eigenvalue weighted by atomic mass is 127. The summed E-state index contributed by atoms with van der Waals surface area (Å²) in [5, 5.41) is 0. The molecule has 0 fully saturated rings. The molecule has 0 bridgehead atoms. The number of nitrogens with zero attached hydrogens (tertiary/aromatic N) is 2. The first-order valence-electron chi connectivity index (χ1n) is 12.4. The van der Waals surface area contributed by atoms with Crippen molar-refractivity contribution in [2.24, 2.45) is 4.99 Å². The van der Waals surface area contributed by atoms with Gasteiger partial charge in [0.2, 0.25) is 0 Å². The van der Waals surface area contributed by atoms with E-state index in [0.717, 1.165) is 29.6 Å². The van der Waals surface area contributed by atoms with Crippen molar-refractivity contribution in [2.45, 2.75) is 19.9 Å². The summed E-state index contributed by atoms with van der Waals surface area (Å²) in [6.07, 6.45) is 1.88. The fraction of sp³-hybridized carbons (Fsp3) is 0.167. The van der Waals surface area contributed by atoms with Crippen LogP contribution >= 0.6 is 56.5 Å². The lowest BCUT2D eigenvalue weighted by atomic mass is 9.93. The topological polar surface area (TPSA) is 69.9 Å². The minimum absolute atomic E-state index is 0.208. The van der Waals surface area contributed by atoms with Crippen LogP contribution in [0.25, 0.3) is 11.8 Å². The van der Waals surface area contributed by atoms with Crippen molar-refractivity contribution < 1.29 is 14.3 Å². The number of aromatic nitrogens is 1. The molecule has 2 heterocycles. The van der Waals surface area contributed by atoms with Gasteiger partial charge in [-0.2, -0.15) is 0 Å². The van der Waals surface area contributed by atoms with E-state index in [2.05, 4.69) is 45.2 Å². The summed E-state index contributed by atoms with van der Waals surface area (Å²) in [5.74, 6) is 0.354. The van der Waals surface area contributed by atoms with Crippen molar-refractivity contribution in [3.8, 4) is 5.75 Å². The van der Waals surface area contributed by atoms with Gasteiger partial charge in [0.25, 0.3) is 5.56 Å². The second-order valence-electron chi connectivity index (χ2n) is 8.59. The van der Waals surface area contributed by atoms with Gasteiger partial charge in [0.15, 0.2) is 4.80 Å². The number of fused-ring (bicyclic) bond motifs is 1. The van der Waals surface area contributed by atoms with Crippen molar-refractivity contribution >= 4 is 74.3 Å². The number of rotatable bonds is 7. The van der Waals surface area contributed by atoms with Crippen molar-refractivity contribution in [1.29, 1.82) is 0 Å². The van der Waals surface area contributed by atoms with Gasteiger partial charge in [0.1, 0.15) is 5.75 Å². The zero-order valence-corrected chi connectivity index (χ0v) is 26.3. The van der Waals surface area contributed by atoms with Crippen LogP contribution in [0.2, 0.25) is 0 Å². The Morgan fingerprint density at radius 3 is 2.26 bits per heavy atom. The molecule has 0 amide bonds. The van der Waals surface area contributed by atoms with Gasteiger partial charge in [-0.05, 0) is 88.4 Å². The molecule has 4 aromatic rings. The Bertz CT molecular complexity index is 1720. The van der Waals surface area contributed by atoms with Gasteiger partial charge < -0.3 is 9.47 Å². The number of carbonyl (C=O) groups excluding carboxylic acids is 1. The zero-order chi connectivity index (χ0) is 27.5. The van der Waals surface area contributed by atoms with E-state index in [-0.39, 0.29) is 12.2 Å². The molecule has 0 aliphatic carbocycles. The molecular weight excluding hydrogens is 738 g/mol. The standard InChI is InChI=1S/C30H24I2N2O4S/c1-3-37-27-21(31)15-18(16-22(27)32)17-23-28(35)34-26(20-13-9-6-10-14-20)24(29(36)38-4-2)25(33-30(34)39-23)19-11-7-5-8-12-19/h5-17,26H,3-4H2,1-2H3/b23-17-/t26-/m1/s1. The Kier molecular flexibility index (Phi) is 8.67. The number of esters is 1. The number of hydrogen-bond donors (Lipinski definition) is 0. The Hall–Kier alpha value is -2.77. The summed E-state index contributed by atoms with van der Waals surface area (Å²) in [5.41, 5.74) is 3.14. The lowest BCUT2D eigenvalue weighted by molar-refractivity contribution is -0.138. The molecule has 3 aromatic carbocycles. The Balaban J connectivity index is 1.78. The van der Waals surface area contributed by atoms with Crippen molar-refractivity contribution in [2.75, 3.05) is 13.2 Å². The number of carbonyl (C=O) groups is 1. The maximum absolute atomic E-state index is 14.0. The summed E-state index contributed by atoms with van der Waals surface area (Å²) in [6, 6.07) is 22.4. The molecular formula is C30H24I2N2O4S. The summed E-state index contributed by atoms with van der Waals surface area (Å²) in [6.45, 7) is 4.52. The van der Waals surface area contributed by atoms with E-state index in [1.165, 1.54) is 11.3 Å². The fourth-order valence-electron chi connectivity index (χ4n) is 4.49. The van der Waals surface area contributed by atoms with Crippen LogP contribution in [0, 0.1) is 7.14 Å². The molecule has 1 atom stereocenters. The SMILES string of the molecule is CCOC(=O)C1=C(c2ccccc2)N=c2s/c(=C\c3cc(I)c(OCC)c(I)c3)c(=O)n2[C@@H]1c1ccccc1. The number of thiazole rings is 1. The first-order chi connectivity index (χ1) is 18.9. The van der Waals surface area contributed by atoms with Crippen molar-refractivity contribution in [3.63, 3.8) is 0 Å². The Labute approximate surface area is 257 Å². The van der Waals surface area contributed by atoms with Gasteiger partial charge in [-0.25, -0.2) is 9.79 Å². The smallest absolute Gasteiger partial charge is 0.338 e. The van der Waals surface area contributed by atoms with E-state index in [9.17, 15) is 9.59 Å². The third-order valence-corrected chi connectivity index (χ3v) is 8.68. The molecule has 1 aliphatic heterocycles. The maximum Gasteiger partial charge on any atom is 0.338 e. The summed E-state index contributed by atoms with van der Waals surface area (Å²) in [4.78, 5) is 32.9.